The molecule has 48 heavy (non-hydrogen) atoms. The molecule has 0 saturated carbocycles. The monoisotopic (exact) mass is 620 g/mol. The van der Waals surface area contributed by atoms with Crippen LogP contribution in [-0.4, -0.2) is 49.8 Å². The first kappa shape index (κ1) is 28.5. The summed E-state index contributed by atoms with van der Waals surface area (Å²) in [7, 11) is 0. The Balaban J connectivity index is 1.36. The second-order valence-electron chi connectivity index (χ2n) is 10.6. The lowest BCUT2D eigenvalue weighted by Crippen LogP contribution is -2.08. The topological polar surface area (TPSA) is 129 Å². The number of hydrogen-bond donors (Lipinski definition) is 0. The van der Waals surface area contributed by atoms with Crippen LogP contribution in [0, 0.1) is 0 Å². The minimum absolute atomic E-state index is 0.235. The van der Waals surface area contributed by atoms with Crippen molar-refractivity contribution < 1.29 is 0 Å². The van der Waals surface area contributed by atoms with E-state index in [1.165, 1.54) is 0 Å². The van der Waals surface area contributed by atoms with Crippen molar-refractivity contribution in [2.45, 2.75) is 0 Å². The van der Waals surface area contributed by atoms with Gasteiger partial charge in [-0.2, -0.15) is 0 Å². The van der Waals surface area contributed by atoms with E-state index >= 15 is 0 Å². The summed E-state index contributed by atoms with van der Waals surface area (Å²) in [5, 5.41) is 0. The van der Waals surface area contributed by atoms with Crippen LogP contribution >= 0.6 is 0 Å². The van der Waals surface area contributed by atoms with Crippen LogP contribution in [0.25, 0.3) is 80.2 Å². The molecule has 0 aliphatic heterocycles. The number of aromatic nitrogens is 10. The third-order valence-electron chi connectivity index (χ3n) is 7.35. The van der Waals surface area contributed by atoms with Crippen LogP contribution in [0.2, 0.25) is 0 Å². The Kier molecular flexibility index (Phi) is 7.62. The van der Waals surface area contributed by atoms with Gasteiger partial charge in [0.2, 0.25) is 23.3 Å². The molecule has 0 aliphatic carbocycles. The van der Waals surface area contributed by atoms with Crippen LogP contribution in [-0.2, 0) is 0 Å². The average Bonchev–Trinajstić information content (AvgIpc) is 3.19. The van der Waals surface area contributed by atoms with E-state index in [2.05, 4.69) is 4.98 Å². The molecule has 0 atom stereocenters. The van der Waals surface area contributed by atoms with Gasteiger partial charge < -0.3 is 0 Å². The molecule has 0 spiro atoms. The summed E-state index contributed by atoms with van der Waals surface area (Å²) in [5.74, 6) is 3.34. The van der Waals surface area contributed by atoms with Crippen LogP contribution in [0.4, 0.5) is 0 Å². The van der Waals surface area contributed by atoms with Gasteiger partial charge in [-0.3, -0.25) is 4.98 Å². The van der Waals surface area contributed by atoms with E-state index in [0.717, 1.165) is 22.3 Å². The first-order valence-corrected chi connectivity index (χ1v) is 15.2. The van der Waals surface area contributed by atoms with Crippen molar-refractivity contribution in [1.29, 1.82) is 0 Å². The maximum Gasteiger partial charge on any atom is 0.202 e. The Morgan fingerprint density at radius 2 is 0.479 bits per heavy atom. The number of rotatable bonds is 7. The molecule has 226 valence electrons. The van der Waals surface area contributed by atoms with Crippen LogP contribution < -0.4 is 0 Å². The lowest BCUT2D eigenvalue weighted by Gasteiger charge is -2.11. The Morgan fingerprint density at radius 3 is 0.771 bits per heavy atom. The van der Waals surface area contributed by atoms with Crippen molar-refractivity contribution in [2.75, 3.05) is 0 Å². The van der Waals surface area contributed by atoms with Gasteiger partial charge in [0.25, 0.3) is 0 Å². The molecule has 0 radical (unpaired) electrons. The zero-order valence-corrected chi connectivity index (χ0v) is 25.3. The van der Waals surface area contributed by atoms with E-state index in [9.17, 15) is 0 Å². The van der Waals surface area contributed by atoms with Crippen molar-refractivity contribution in [3.8, 4) is 80.2 Å². The van der Waals surface area contributed by atoms with Crippen molar-refractivity contribution in [3.05, 3.63) is 146 Å². The minimum Gasteiger partial charge on any atom is -0.264 e. The normalized spacial score (nSPS) is 10.9. The van der Waals surface area contributed by atoms with E-state index < -0.39 is 0 Å². The highest BCUT2D eigenvalue weighted by molar-refractivity contribution is 5.68. The highest BCUT2D eigenvalue weighted by Gasteiger charge is 2.20. The van der Waals surface area contributed by atoms with Crippen LogP contribution in [0.5, 0.6) is 0 Å². The van der Waals surface area contributed by atoms with Gasteiger partial charge in [-0.1, -0.05) is 121 Å². The third kappa shape index (κ3) is 6.01. The van der Waals surface area contributed by atoms with E-state index in [-0.39, 0.29) is 23.3 Å². The van der Waals surface area contributed by atoms with Gasteiger partial charge in [0.05, 0.1) is 0 Å². The molecule has 0 fully saturated rings. The SMILES string of the molecule is c1ccc(-c2nc(-c3ccccc3)nc(-c3nc(-c4cccnc4)nc(-c4nc(-c5ccccc5)nc(-c5ccccc5)n4)n3)n2)cc1. The maximum absolute atomic E-state index is 4.89. The van der Waals surface area contributed by atoms with Gasteiger partial charge >= 0.3 is 0 Å². The fourth-order valence-corrected chi connectivity index (χ4v) is 5.02. The molecule has 4 aromatic carbocycles. The Hall–Kier alpha value is -6.94. The van der Waals surface area contributed by atoms with E-state index in [1.807, 2.05) is 133 Å². The quantitative estimate of drug-likeness (QED) is 0.179. The van der Waals surface area contributed by atoms with Gasteiger partial charge in [0.1, 0.15) is 0 Å². The number of benzene rings is 4. The first-order chi connectivity index (χ1) is 23.8. The Bertz CT molecular complexity index is 2060. The predicted octanol–water partition coefficient (Wildman–Crippen LogP) is 7.31. The van der Waals surface area contributed by atoms with Gasteiger partial charge in [0.15, 0.2) is 29.1 Å². The molecule has 0 saturated heterocycles. The largest absolute Gasteiger partial charge is 0.264 e. The summed E-state index contributed by atoms with van der Waals surface area (Å²) < 4.78 is 0. The smallest absolute Gasteiger partial charge is 0.202 e. The lowest BCUT2D eigenvalue weighted by molar-refractivity contribution is 0.977. The third-order valence-corrected chi connectivity index (χ3v) is 7.35. The van der Waals surface area contributed by atoms with Crippen molar-refractivity contribution in [1.82, 2.24) is 49.8 Å². The van der Waals surface area contributed by atoms with Gasteiger partial charge in [-0.05, 0) is 12.1 Å². The molecule has 4 heterocycles. The summed E-state index contributed by atoms with van der Waals surface area (Å²) in [6, 6.07) is 42.7. The van der Waals surface area contributed by atoms with Crippen LogP contribution in [0.1, 0.15) is 0 Å². The summed E-state index contributed by atoms with van der Waals surface area (Å²) in [6.45, 7) is 0. The van der Waals surface area contributed by atoms with Crippen molar-refractivity contribution in [2.24, 2.45) is 0 Å². The highest BCUT2D eigenvalue weighted by atomic mass is 15.1. The van der Waals surface area contributed by atoms with Gasteiger partial charge in [-0.25, -0.2) is 44.9 Å². The molecule has 8 aromatic rings. The second-order valence-corrected chi connectivity index (χ2v) is 10.6. The molecule has 0 aliphatic rings. The predicted molar refractivity (Wildman–Crippen MR) is 182 cm³/mol. The number of hydrogen-bond acceptors (Lipinski definition) is 10. The molecule has 0 N–H and O–H groups in total. The summed E-state index contributed by atoms with van der Waals surface area (Å²) >= 11 is 0. The summed E-state index contributed by atoms with van der Waals surface area (Å²) in [6.07, 6.45) is 3.39. The van der Waals surface area contributed by atoms with E-state index in [1.54, 1.807) is 12.4 Å². The van der Waals surface area contributed by atoms with Crippen LogP contribution in [0.3, 0.4) is 0 Å². The molecule has 10 heteroatoms. The lowest BCUT2D eigenvalue weighted by atomic mass is 10.2. The fourth-order valence-electron chi connectivity index (χ4n) is 5.02. The highest BCUT2D eigenvalue weighted by Crippen LogP contribution is 2.28. The van der Waals surface area contributed by atoms with Crippen molar-refractivity contribution in [3.63, 3.8) is 0 Å². The summed E-state index contributed by atoms with van der Waals surface area (Å²) in [5.41, 5.74) is 4.01. The molecule has 0 bridgehead atoms. The molecular formula is C38H24N10. The number of pyridine rings is 1. The second kappa shape index (κ2) is 12.8. The maximum atomic E-state index is 4.89. The zero-order chi connectivity index (χ0) is 32.1. The molecule has 0 unspecified atom stereocenters. The Morgan fingerprint density at radius 1 is 0.229 bits per heavy atom. The zero-order valence-electron chi connectivity index (χ0n) is 25.3. The molecule has 8 rings (SSSR count). The molecule has 4 aromatic heterocycles. The summed E-state index contributed by atoms with van der Waals surface area (Å²) in [4.78, 5) is 47.9. The van der Waals surface area contributed by atoms with Gasteiger partial charge in [0, 0.05) is 40.2 Å². The van der Waals surface area contributed by atoms with Crippen molar-refractivity contribution >= 4 is 0 Å². The van der Waals surface area contributed by atoms with E-state index in [0.29, 0.717) is 34.7 Å². The Labute approximate surface area is 275 Å². The minimum atomic E-state index is 0.235. The number of nitrogens with zero attached hydrogens (tertiary/aromatic N) is 10. The van der Waals surface area contributed by atoms with E-state index in [4.69, 9.17) is 44.9 Å². The molecule has 0 amide bonds. The molecular weight excluding hydrogens is 596 g/mol. The van der Waals surface area contributed by atoms with Gasteiger partial charge in [-0.15, -0.1) is 0 Å². The fraction of sp³-hybridized carbons (Fsp3) is 0. The first-order valence-electron chi connectivity index (χ1n) is 15.2. The van der Waals surface area contributed by atoms with Crippen LogP contribution in [0.15, 0.2) is 146 Å². The standard InChI is InChI=1S/C38H24N10/c1-5-14-25(15-6-1)30-40-31(26-16-7-2-8-17-26)43-35(42-30)37-46-34(29-22-13-23-39-24-29)47-38(48-37)36-44-32(27-18-9-3-10-19-27)41-33(45-36)28-20-11-4-12-21-28/h1-24H. The molecule has 10 nitrogen and oxygen atoms in total. The average molecular weight is 621 g/mol.